The maximum absolute atomic E-state index is 13.7. The number of aromatic nitrogens is 6. The van der Waals surface area contributed by atoms with Gasteiger partial charge in [0.1, 0.15) is 41.0 Å². The van der Waals surface area contributed by atoms with Crippen LogP contribution < -0.4 is 36.1 Å². The van der Waals surface area contributed by atoms with E-state index >= 15 is 0 Å². The molecule has 103 heavy (non-hydrogen) atoms. The second-order valence-corrected chi connectivity index (χ2v) is 25.8. The molecular weight excluding hydrogens is 1360 g/mol. The van der Waals surface area contributed by atoms with Crippen LogP contribution in [0.2, 0.25) is 0 Å². The van der Waals surface area contributed by atoms with Crippen molar-refractivity contribution in [2.45, 2.75) is 55.1 Å². The summed E-state index contributed by atoms with van der Waals surface area (Å²) in [5.41, 5.74) is 18.5. The largest absolute Gasteiger partial charge is 0.494 e. The second-order valence-electron chi connectivity index (χ2n) is 24.9. The number of nitrogens with zero attached hydrogens (tertiary/aromatic N) is 5. The van der Waals surface area contributed by atoms with Gasteiger partial charge in [0.05, 0.1) is 76.4 Å². The number of methoxy groups -OCH3 is 2. The molecule has 5 N–H and O–H groups in total. The van der Waals surface area contributed by atoms with Crippen LogP contribution >= 0.6 is 15.9 Å². The van der Waals surface area contributed by atoms with E-state index < -0.39 is 5.97 Å². The number of nitrogens with one attached hydrogen (secondary N) is 5. The minimum atomic E-state index is -0.398. The summed E-state index contributed by atoms with van der Waals surface area (Å²) in [6.45, 7) is 14.6. The predicted molar refractivity (Wildman–Crippen MR) is 410 cm³/mol. The first-order valence-electron chi connectivity index (χ1n) is 33.6. The van der Waals surface area contributed by atoms with Crippen molar-refractivity contribution in [3.05, 3.63) is 322 Å². The molecule has 0 unspecified atom stereocenters. The number of carbonyl (C=O) groups excluding carboxylic acids is 3. The van der Waals surface area contributed by atoms with Crippen molar-refractivity contribution in [1.29, 1.82) is 0 Å². The molecule has 0 saturated heterocycles. The molecule has 0 bridgehead atoms. The maximum atomic E-state index is 13.7. The Kier molecular flexibility index (Phi) is 20.5. The number of aryl methyl sites for hydroxylation is 6. The van der Waals surface area contributed by atoms with Crippen molar-refractivity contribution in [3.63, 3.8) is 0 Å². The van der Waals surface area contributed by atoms with Gasteiger partial charge in [0.2, 0.25) is 0 Å². The molecule has 6 aromatic heterocycles. The Morgan fingerprint density at radius 3 is 1.63 bits per heavy atom. The van der Waals surface area contributed by atoms with Gasteiger partial charge in [-0.2, -0.15) is 0 Å². The summed E-state index contributed by atoms with van der Waals surface area (Å²) in [5, 5.41) is 8.54. The Labute approximate surface area is 603 Å². The van der Waals surface area contributed by atoms with E-state index in [1.165, 1.54) is 0 Å². The van der Waals surface area contributed by atoms with Crippen molar-refractivity contribution < 1.29 is 38.1 Å². The number of aliphatic imine (C=N–C) groups is 2. The number of allylic oxidation sites excluding steroid dienone is 2. The summed E-state index contributed by atoms with van der Waals surface area (Å²) in [6.07, 6.45) is 11.7. The SMILES string of the molecule is CCOC(=O)COc1cc(=C2C=c3ccccc3=N2)[nH]/c1=C\c1[nH]c(C)cc1C.COC1=CC(c2cc3ccccc3n2C(=O)Nc2ccc(OCc3ccccc3)cc2)=N/C1=C\c1[nH]c(C)cc1C.COC1=CC(c2cc3ccccc3n2C(=O)c2ccc(Br)cc2)=N/C1=C/c1[nH]c(C)cc1C. The van der Waals surface area contributed by atoms with Gasteiger partial charge in [-0.25, -0.2) is 24.6 Å². The molecule has 1 amide bonds. The van der Waals surface area contributed by atoms with Crippen molar-refractivity contribution >= 4 is 103 Å². The molecular formula is C84H75BrN10O8. The van der Waals surface area contributed by atoms with Gasteiger partial charge in [-0.1, -0.05) is 101 Å². The van der Waals surface area contributed by atoms with Crippen LogP contribution in [0.1, 0.15) is 85.1 Å². The fourth-order valence-corrected chi connectivity index (χ4v) is 12.7. The van der Waals surface area contributed by atoms with Gasteiger partial charge < -0.3 is 48.9 Å². The Hall–Kier alpha value is -12.5. The van der Waals surface area contributed by atoms with Crippen LogP contribution in [0, 0.1) is 41.5 Å². The van der Waals surface area contributed by atoms with Crippen LogP contribution in [0.4, 0.5) is 10.5 Å². The van der Waals surface area contributed by atoms with Gasteiger partial charge in [-0.3, -0.25) is 13.9 Å². The fourth-order valence-electron chi connectivity index (χ4n) is 12.5. The number of ether oxygens (including phenoxy) is 5. The average molecular weight is 1430 g/mol. The highest BCUT2D eigenvalue weighted by molar-refractivity contribution is 9.10. The van der Waals surface area contributed by atoms with Gasteiger partial charge in [0.15, 0.2) is 6.61 Å². The molecule has 0 radical (unpaired) electrons. The number of anilines is 1. The highest BCUT2D eigenvalue weighted by Gasteiger charge is 2.27. The number of rotatable bonds is 16. The summed E-state index contributed by atoms with van der Waals surface area (Å²) in [6, 6.07) is 60.2. The number of amides is 1. The maximum Gasteiger partial charge on any atom is 0.344 e. The molecule has 19 heteroatoms. The van der Waals surface area contributed by atoms with E-state index in [0.717, 1.165) is 121 Å². The number of aromatic amines is 4. The van der Waals surface area contributed by atoms with E-state index in [4.69, 9.17) is 38.7 Å². The lowest BCUT2D eigenvalue weighted by molar-refractivity contribution is -0.145. The number of para-hydroxylation sites is 3. The number of hydrogen-bond donors (Lipinski definition) is 5. The molecule has 516 valence electrons. The molecule has 3 aliphatic rings. The number of hydrogen-bond acceptors (Lipinski definition) is 11. The Morgan fingerprint density at radius 2 is 1.08 bits per heavy atom. The number of H-pyrrole nitrogens is 4. The number of esters is 1. The number of carbonyl (C=O) groups is 3. The van der Waals surface area contributed by atoms with Crippen LogP contribution in [0.15, 0.2) is 243 Å². The topological polar surface area (TPSA) is 219 Å². The van der Waals surface area contributed by atoms with E-state index in [0.29, 0.717) is 70.2 Å². The van der Waals surface area contributed by atoms with Gasteiger partial charge in [-0.05, 0) is 192 Å². The van der Waals surface area contributed by atoms with Gasteiger partial charge >= 0.3 is 12.0 Å². The van der Waals surface area contributed by atoms with Gasteiger partial charge in [-0.15, -0.1) is 0 Å². The predicted octanol–water partition coefficient (Wildman–Crippen LogP) is 15.0. The number of benzene rings is 6. The summed E-state index contributed by atoms with van der Waals surface area (Å²) in [5.74, 6) is 2.09. The zero-order valence-corrected chi connectivity index (χ0v) is 59.9. The first-order valence-corrected chi connectivity index (χ1v) is 34.4. The summed E-state index contributed by atoms with van der Waals surface area (Å²) in [7, 11) is 3.26. The molecule has 0 saturated carbocycles. The van der Waals surface area contributed by atoms with E-state index in [2.05, 4.69) is 73.2 Å². The number of halogens is 1. The molecule has 15 rings (SSSR count). The summed E-state index contributed by atoms with van der Waals surface area (Å²) in [4.78, 5) is 67.0. The van der Waals surface area contributed by atoms with Crippen LogP contribution in [0.25, 0.3) is 51.8 Å². The normalized spacial score (nSPS) is 14.4. The van der Waals surface area contributed by atoms with Crippen LogP contribution in [0.3, 0.4) is 0 Å². The minimum absolute atomic E-state index is 0.109. The Balaban J connectivity index is 0.000000140. The fraction of sp³-hybridized carbons (Fsp3) is 0.143. The molecule has 3 aliphatic heterocycles. The second kappa shape index (κ2) is 30.6. The minimum Gasteiger partial charge on any atom is -0.494 e. The van der Waals surface area contributed by atoms with E-state index in [-0.39, 0.29) is 18.5 Å². The standard InChI is InChI=1S/C34H30N4O3.C27H22BrN3O2.C23H23N3O3/c1-22-17-23(2)35-28(22)19-30-33(40-3)20-29(37-30)32-18-25-11-7-8-12-31(25)38(32)34(39)36-26-13-15-27(16-14-26)41-21-24-9-5-4-6-10-24;1-16-12-17(2)29-21(16)14-23-26(33-3)15-22(30-23)25-13-19-6-4-5-7-24(19)31(25)27(32)18-8-10-20(28)11-9-18;1-4-28-23(27)13-29-22-12-20(19-10-16-7-5-6-8-17(16)25-19)26-21(22)11-18-14(2)9-15(3)24-18/h4-20,35H,21H2,1-3H3,(H,36,39);4-15,29H,1-3H3;5-12,24,26H,4,13H2,1-3H3/b30-19-;23-14+;20-19?,21-11-. The third-order valence-corrected chi connectivity index (χ3v) is 17.9. The lowest BCUT2D eigenvalue weighted by atomic mass is 10.2. The van der Waals surface area contributed by atoms with Crippen molar-refractivity contribution in [1.82, 2.24) is 29.1 Å². The zero-order valence-electron chi connectivity index (χ0n) is 58.4. The van der Waals surface area contributed by atoms with Crippen LogP contribution in [-0.2, 0) is 25.6 Å². The van der Waals surface area contributed by atoms with E-state index in [1.54, 1.807) is 30.3 Å². The third kappa shape index (κ3) is 15.6. The molecule has 0 atom stereocenters. The molecule has 0 fully saturated rings. The van der Waals surface area contributed by atoms with Gasteiger partial charge in [0.25, 0.3) is 5.91 Å². The van der Waals surface area contributed by atoms with Crippen LogP contribution in [0.5, 0.6) is 11.5 Å². The summed E-state index contributed by atoms with van der Waals surface area (Å²) >= 11 is 3.44. The van der Waals surface area contributed by atoms with Crippen molar-refractivity contribution in [2.24, 2.45) is 15.0 Å². The molecule has 0 spiro atoms. The third-order valence-electron chi connectivity index (χ3n) is 17.4. The molecule has 9 heterocycles. The van der Waals surface area contributed by atoms with Crippen molar-refractivity contribution in [2.75, 3.05) is 32.8 Å². The zero-order chi connectivity index (χ0) is 71.8. The monoisotopic (exact) mass is 1430 g/mol. The summed E-state index contributed by atoms with van der Waals surface area (Å²) < 4.78 is 32.2. The molecule has 18 nitrogen and oxygen atoms in total. The quantitative estimate of drug-likeness (QED) is 0.0585. The van der Waals surface area contributed by atoms with Crippen molar-refractivity contribution in [3.8, 4) is 11.5 Å². The average Bonchev–Trinajstić information content (AvgIpc) is 1.77. The highest BCUT2D eigenvalue weighted by Crippen LogP contribution is 2.32. The van der Waals surface area contributed by atoms with E-state index in [9.17, 15) is 14.4 Å². The Bertz CT molecular complexity index is 5690. The van der Waals surface area contributed by atoms with E-state index in [1.807, 2.05) is 234 Å². The van der Waals surface area contributed by atoms with Gasteiger partial charge in [0, 0.05) is 84.1 Å². The smallest absolute Gasteiger partial charge is 0.344 e. The molecule has 12 aromatic rings. The first-order chi connectivity index (χ1) is 49.9. The Morgan fingerprint density at radius 1 is 0.544 bits per heavy atom. The number of fused-ring (bicyclic) bond motifs is 3. The van der Waals surface area contributed by atoms with Crippen LogP contribution in [-0.4, -0.2) is 85.8 Å². The molecule has 6 aromatic carbocycles. The first kappa shape index (κ1) is 69.0. The lowest BCUT2D eigenvalue weighted by Gasteiger charge is -2.12. The molecule has 0 aliphatic carbocycles. The highest BCUT2D eigenvalue weighted by atomic mass is 79.9. The lowest BCUT2D eigenvalue weighted by Crippen LogP contribution is -2.22.